The summed E-state index contributed by atoms with van der Waals surface area (Å²) in [4.78, 5) is 17.7. The lowest BCUT2D eigenvalue weighted by molar-refractivity contribution is 0.0854. The van der Waals surface area contributed by atoms with Gasteiger partial charge in [0, 0.05) is 13.2 Å². The Labute approximate surface area is 96.4 Å². The Bertz CT molecular complexity index is 367. The average Bonchev–Trinajstić information content (AvgIpc) is 2.21. The molecule has 0 fully saturated rings. The fourth-order valence-electron chi connectivity index (χ4n) is 1.09. The Morgan fingerprint density at radius 1 is 1.73 bits per heavy atom. The van der Waals surface area contributed by atoms with E-state index >= 15 is 0 Å². The molecular weight excluding hydrogens is 262 g/mol. The molecule has 6 heteroatoms. The molecule has 0 saturated carbocycles. The summed E-state index contributed by atoms with van der Waals surface area (Å²) in [6.45, 7) is 5.19. The summed E-state index contributed by atoms with van der Waals surface area (Å²) in [5.41, 5.74) is -0.198. The number of aromatic amines is 1. The second kappa shape index (κ2) is 5.87. The molecule has 1 heterocycles. The maximum Gasteiger partial charge on any atom is 0.267 e. The lowest BCUT2D eigenvalue weighted by atomic mass is 10.4. The fraction of sp³-hybridized carbons (Fsp3) is 0.556. The van der Waals surface area contributed by atoms with E-state index in [0.717, 1.165) is 0 Å². The molecule has 15 heavy (non-hydrogen) atoms. The molecule has 1 atom stereocenters. The molecule has 5 nitrogen and oxygen atoms in total. The molecule has 1 rings (SSSR count). The topological polar surface area (TPSA) is 67.0 Å². The third-order valence-electron chi connectivity index (χ3n) is 1.80. The van der Waals surface area contributed by atoms with Gasteiger partial charge < -0.3 is 15.0 Å². The Kier molecular flexibility index (Phi) is 4.77. The molecule has 1 aromatic heterocycles. The van der Waals surface area contributed by atoms with Gasteiger partial charge in [-0.15, -0.1) is 0 Å². The first-order valence-corrected chi connectivity index (χ1v) is 5.53. The fourth-order valence-corrected chi connectivity index (χ4v) is 1.45. The highest BCUT2D eigenvalue weighted by atomic mass is 79.9. The maximum atomic E-state index is 11.2. The van der Waals surface area contributed by atoms with Crippen LogP contribution in [0.2, 0.25) is 0 Å². The van der Waals surface area contributed by atoms with Gasteiger partial charge in [0.25, 0.3) is 5.56 Å². The van der Waals surface area contributed by atoms with E-state index in [0.29, 0.717) is 23.4 Å². The number of nitrogens with one attached hydrogen (secondary N) is 2. The van der Waals surface area contributed by atoms with Gasteiger partial charge in [0.05, 0.1) is 12.4 Å². The number of rotatable bonds is 5. The molecule has 0 aliphatic rings. The standard InChI is InChI=1S/C9H14BrN3O2/c1-3-15-6(2)4-11-8-7(10)9(14)13-5-12-8/h5-6H,3-4H2,1-2H3,(H2,11,12,13,14). The molecule has 0 aliphatic heterocycles. The van der Waals surface area contributed by atoms with E-state index in [1.807, 2.05) is 13.8 Å². The molecule has 1 aromatic rings. The van der Waals surface area contributed by atoms with Crippen molar-refractivity contribution in [1.29, 1.82) is 0 Å². The van der Waals surface area contributed by atoms with Crippen LogP contribution in [0.3, 0.4) is 0 Å². The summed E-state index contributed by atoms with van der Waals surface area (Å²) in [5, 5.41) is 3.04. The summed E-state index contributed by atoms with van der Waals surface area (Å²) >= 11 is 3.16. The molecule has 2 N–H and O–H groups in total. The lowest BCUT2D eigenvalue weighted by Crippen LogP contribution is -2.22. The van der Waals surface area contributed by atoms with E-state index in [1.165, 1.54) is 6.33 Å². The lowest BCUT2D eigenvalue weighted by Gasteiger charge is -2.13. The molecular formula is C9H14BrN3O2. The number of H-pyrrole nitrogens is 1. The number of nitrogens with zero attached hydrogens (tertiary/aromatic N) is 1. The van der Waals surface area contributed by atoms with E-state index < -0.39 is 0 Å². The Morgan fingerprint density at radius 3 is 3.13 bits per heavy atom. The minimum atomic E-state index is -0.198. The summed E-state index contributed by atoms with van der Waals surface area (Å²) in [6, 6.07) is 0. The van der Waals surface area contributed by atoms with Crippen molar-refractivity contribution in [1.82, 2.24) is 9.97 Å². The SMILES string of the molecule is CCOC(C)CNc1nc[nH]c(=O)c1Br. The van der Waals surface area contributed by atoms with E-state index in [-0.39, 0.29) is 11.7 Å². The van der Waals surface area contributed by atoms with Gasteiger partial charge in [-0.1, -0.05) is 0 Å². The number of anilines is 1. The minimum absolute atomic E-state index is 0.0861. The molecule has 0 radical (unpaired) electrons. The van der Waals surface area contributed by atoms with Gasteiger partial charge in [-0.05, 0) is 29.8 Å². The summed E-state index contributed by atoms with van der Waals surface area (Å²) in [7, 11) is 0. The monoisotopic (exact) mass is 275 g/mol. The number of ether oxygens (including phenoxy) is 1. The van der Waals surface area contributed by atoms with Crippen molar-refractivity contribution < 1.29 is 4.74 Å². The van der Waals surface area contributed by atoms with Crippen LogP contribution < -0.4 is 10.9 Å². The first-order chi connectivity index (χ1) is 7.15. The number of hydrogen-bond acceptors (Lipinski definition) is 4. The zero-order chi connectivity index (χ0) is 11.3. The van der Waals surface area contributed by atoms with Crippen molar-refractivity contribution in [3.8, 4) is 0 Å². The van der Waals surface area contributed by atoms with E-state index in [9.17, 15) is 4.79 Å². The van der Waals surface area contributed by atoms with Gasteiger partial charge in [0.2, 0.25) is 0 Å². The molecule has 1 unspecified atom stereocenters. The van der Waals surface area contributed by atoms with Crippen LogP contribution in [0.15, 0.2) is 15.6 Å². The summed E-state index contributed by atoms with van der Waals surface area (Å²) in [6.07, 6.45) is 1.45. The Hall–Kier alpha value is -0.880. The molecule has 0 amide bonds. The van der Waals surface area contributed by atoms with E-state index in [1.54, 1.807) is 0 Å². The van der Waals surface area contributed by atoms with Crippen molar-refractivity contribution >= 4 is 21.7 Å². The van der Waals surface area contributed by atoms with Gasteiger partial charge in [0.1, 0.15) is 10.3 Å². The van der Waals surface area contributed by atoms with Crippen molar-refractivity contribution in [2.45, 2.75) is 20.0 Å². The van der Waals surface area contributed by atoms with E-state index in [4.69, 9.17) is 4.74 Å². The largest absolute Gasteiger partial charge is 0.377 e. The first kappa shape index (κ1) is 12.2. The van der Waals surface area contributed by atoms with Crippen LogP contribution in [-0.4, -0.2) is 29.2 Å². The molecule has 0 aromatic carbocycles. The van der Waals surface area contributed by atoms with Crippen LogP contribution in [0.25, 0.3) is 0 Å². The number of hydrogen-bond donors (Lipinski definition) is 2. The summed E-state index contributed by atoms with van der Waals surface area (Å²) < 4.78 is 5.75. The van der Waals surface area contributed by atoms with E-state index in [2.05, 4.69) is 31.2 Å². The quantitative estimate of drug-likeness (QED) is 0.852. The highest BCUT2D eigenvalue weighted by Gasteiger charge is 2.06. The molecule has 0 bridgehead atoms. The number of aromatic nitrogens is 2. The van der Waals surface area contributed by atoms with Crippen molar-refractivity contribution in [3.05, 3.63) is 21.2 Å². The van der Waals surface area contributed by atoms with Crippen LogP contribution >= 0.6 is 15.9 Å². The average molecular weight is 276 g/mol. The van der Waals surface area contributed by atoms with Crippen molar-refractivity contribution in [2.24, 2.45) is 0 Å². The van der Waals surface area contributed by atoms with Crippen LogP contribution in [-0.2, 0) is 4.74 Å². The second-order valence-corrected chi connectivity index (χ2v) is 3.83. The van der Waals surface area contributed by atoms with Crippen LogP contribution in [0.1, 0.15) is 13.8 Å². The normalized spacial score (nSPS) is 12.5. The number of halogens is 1. The third kappa shape index (κ3) is 3.64. The van der Waals surface area contributed by atoms with Gasteiger partial charge in [-0.25, -0.2) is 4.98 Å². The molecule has 0 saturated heterocycles. The highest BCUT2D eigenvalue weighted by molar-refractivity contribution is 9.10. The van der Waals surface area contributed by atoms with Crippen molar-refractivity contribution in [2.75, 3.05) is 18.5 Å². The van der Waals surface area contributed by atoms with Crippen LogP contribution in [0, 0.1) is 0 Å². The van der Waals surface area contributed by atoms with Gasteiger partial charge in [-0.2, -0.15) is 0 Å². The van der Waals surface area contributed by atoms with Crippen molar-refractivity contribution in [3.63, 3.8) is 0 Å². The predicted octanol–water partition coefficient (Wildman–Crippen LogP) is 1.37. The second-order valence-electron chi connectivity index (χ2n) is 3.04. The summed E-state index contributed by atoms with van der Waals surface area (Å²) in [5.74, 6) is 0.533. The van der Waals surface area contributed by atoms with Gasteiger partial charge in [-0.3, -0.25) is 4.79 Å². The third-order valence-corrected chi connectivity index (χ3v) is 2.54. The molecule has 0 aliphatic carbocycles. The molecule has 84 valence electrons. The predicted molar refractivity (Wildman–Crippen MR) is 62.1 cm³/mol. The highest BCUT2D eigenvalue weighted by Crippen LogP contribution is 2.12. The Balaban J connectivity index is 2.58. The van der Waals surface area contributed by atoms with Crippen LogP contribution in [0.4, 0.5) is 5.82 Å². The first-order valence-electron chi connectivity index (χ1n) is 4.73. The van der Waals surface area contributed by atoms with Gasteiger partial charge in [0.15, 0.2) is 0 Å². The Morgan fingerprint density at radius 2 is 2.47 bits per heavy atom. The smallest absolute Gasteiger partial charge is 0.267 e. The molecule has 0 spiro atoms. The zero-order valence-corrected chi connectivity index (χ0v) is 10.3. The minimum Gasteiger partial charge on any atom is -0.377 e. The zero-order valence-electron chi connectivity index (χ0n) is 8.71. The van der Waals surface area contributed by atoms with Crippen LogP contribution in [0.5, 0.6) is 0 Å². The van der Waals surface area contributed by atoms with Gasteiger partial charge >= 0.3 is 0 Å². The maximum absolute atomic E-state index is 11.2.